The van der Waals surface area contributed by atoms with E-state index in [0.29, 0.717) is 0 Å². The number of pyridine rings is 1. The van der Waals surface area contributed by atoms with Crippen molar-refractivity contribution in [3.05, 3.63) is 53.9 Å². The van der Waals surface area contributed by atoms with Gasteiger partial charge in [0.2, 0.25) is 0 Å². The molecule has 3 rings (SSSR count). The molecule has 0 aliphatic carbocycles. The highest BCUT2D eigenvalue weighted by Gasteiger charge is 2.33. The topological polar surface area (TPSA) is 43.4 Å². The van der Waals surface area contributed by atoms with Crippen molar-refractivity contribution in [1.82, 2.24) is 10.3 Å². The van der Waals surface area contributed by atoms with E-state index in [4.69, 9.17) is 9.47 Å². The average Bonchev–Trinajstić information content (AvgIpc) is 2.96. The maximum Gasteiger partial charge on any atom is 0.142 e. The number of fused-ring (bicyclic) bond motifs is 1. The lowest BCUT2D eigenvalue weighted by Gasteiger charge is -2.25. The fourth-order valence-corrected chi connectivity index (χ4v) is 2.83. The van der Waals surface area contributed by atoms with Crippen LogP contribution in [-0.2, 0) is 6.42 Å². The number of likely N-dealkylation sites (N-methyl/N-ethyl adjacent to an activating group) is 1. The lowest BCUT2D eigenvalue weighted by Crippen LogP contribution is -2.35. The smallest absolute Gasteiger partial charge is 0.142 e. The molecule has 1 aliphatic rings. The Bertz CT molecular complexity index is 590. The SMILES string of the molecule is CCNC(c1ncccc1OC)C1Cc2ccccc2O1. The van der Waals surface area contributed by atoms with Gasteiger partial charge in [0.1, 0.15) is 23.3 Å². The molecule has 1 N–H and O–H groups in total. The fraction of sp³-hybridized carbons (Fsp3) is 0.353. The summed E-state index contributed by atoms with van der Waals surface area (Å²) in [5.74, 6) is 1.77. The van der Waals surface area contributed by atoms with Crippen LogP contribution < -0.4 is 14.8 Å². The van der Waals surface area contributed by atoms with Gasteiger partial charge in [-0.1, -0.05) is 25.1 Å². The number of ether oxygens (including phenoxy) is 2. The second-order valence-corrected chi connectivity index (χ2v) is 5.09. The maximum atomic E-state index is 6.12. The highest BCUT2D eigenvalue weighted by atomic mass is 16.5. The van der Waals surface area contributed by atoms with Crippen LogP contribution in [0, 0.1) is 0 Å². The molecule has 2 aromatic rings. The third-order valence-corrected chi connectivity index (χ3v) is 3.78. The average molecular weight is 284 g/mol. The number of para-hydroxylation sites is 1. The summed E-state index contributed by atoms with van der Waals surface area (Å²) in [6.07, 6.45) is 2.71. The first kappa shape index (κ1) is 13.9. The fourth-order valence-electron chi connectivity index (χ4n) is 2.83. The van der Waals surface area contributed by atoms with Gasteiger partial charge in [0, 0.05) is 12.6 Å². The first-order valence-electron chi connectivity index (χ1n) is 7.30. The first-order valence-corrected chi connectivity index (χ1v) is 7.30. The summed E-state index contributed by atoms with van der Waals surface area (Å²) < 4.78 is 11.6. The quantitative estimate of drug-likeness (QED) is 0.917. The summed E-state index contributed by atoms with van der Waals surface area (Å²) in [6, 6.07) is 12.0. The Morgan fingerprint density at radius 2 is 2.19 bits per heavy atom. The van der Waals surface area contributed by atoms with Crippen LogP contribution in [0.25, 0.3) is 0 Å². The molecule has 4 heteroatoms. The van der Waals surface area contributed by atoms with Crippen LogP contribution in [-0.4, -0.2) is 24.7 Å². The largest absolute Gasteiger partial charge is 0.495 e. The summed E-state index contributed by atoms with van der Waals surface area (Å²) in [4.78, 5) is 4.51. The standard InChI is InChI=1S/C17H20N2O2/c1-3-18-17(16-14(20-2)9-6-10-19-16)15-11-12-7-4-5-8-13(12)21-15/h4-10,15,17-18H,3,11H2,1-2H3. The Kier molecular flexibility index (Phi) is 4.06. The number of methoxy groups -OCH3 is 1. The highest BCUT2D eigenvalue weighted by molar-refractivity contribution is 5.39. The minimum Gasteiger partial charge on any atom is -0.495 e. The Balaban J connectivity index is 1.90. The monoisotopic (exact) mass is 284 g/mol. The van der Waals surface area contributed by atoms with Crippen molar-refractivity contribution in [2.75, 3.05) is 13.7 Å². The van der Waals surface area contributed by atoms with Crippen molar-refractivity contribution in [1.29, 1.82) is 0 Å². The second-order valence-electron chi connectivity index (χ2n) is 5.09. The molecular formula is C17H20N2O2. The molecule has 110 valence electrons. The van der Waals surface area contributed by atoms with E-state index in [1.165, 1.54) is 5.56 Å². The lowest BCUT2D eigenvalue weighted by atomic mass is 10.0. The van der Waals surface area contributed by atoms with Crippen LogP contribution in [0.15, 0.2) is 42.6 Å². The van der Waals surface area contributed by atoms with Gasteiger partial charge in [-0.3, -0.25) is 4.98 Å². The van der Waals surface area contributed by atoms with Crippen molar-refractivity contribution in [3.8, 4) is 11.5 Å². The molecule has 0 bridgehead atoms. The summed E-state index contributed by atoms with van der Waals surface area (Å²) in [5, 5.41) is 3.48. The zero-order valence-electron chi connectivity index (χ0n) is 12.4. The lowest BCUT2D eigenvalue weighted by molar-refractivity contribution is 0.175. The highest BCUT2D eigenvalue weighted by Crippen LogP contribution is 2.35. The predicted octanol–water partition coefficient (Wildman–Crippen LogP) is 2.74. The van der Waals surface area contributed by atoms with E-state index in [1.807, 2.05) is 30.3 Å². The van der Waals surface area contributed by atoms with Gasteiger partial charge in [-0.05, 0) is 30.3 Å². The molecule has 0 saturated heterocycles. The van der Waals surface area contributed by atoms with Gasteiger partial charge in [-0.2, -0.15) is 0 Å². The number of aromatic nitrogens is 1. The molecule has 4 nitrogen and oxygen atoms in total. The number of nitrogens with zero attached hydrogens (tertiary/aromatic N) is 1. The third-order valence-electron chi connectivity index (χ3n) is 3.78. The molecule has 2 heterocycles. The Hall–Kier alpha value is -2.07. The summed E-state index contributed by atoms with van der Waals surface area (Å²) in [7, 11) is 1.67. The molecule has 2 atom stereocenters. The molecule has 1 aromatic heterocycles. The van der Waals surface area contributed by atoms with E-state index < -0.39 is 0 Å². The molecule has 2 unspecified atom stereocenters. The zero-order valence-corrected chi connectivity index (χ0v) is 12.4. The van der Waals surface area contributed by atoms with Crippen LogP contribution in [0.5, 0.6) is 11.5 Å². The van der Waals surface area contributed by atoms with Crippen molar-refractivity contribution < 1.29 is 9.47 Å². The normalized spacial score (nSPS) is 17.9. The van der Waals surface area contributed by atoms with E-state index in [2.05, 4.69) is 23.3 Å². The Morgan fingerprint density at radius 1 is 1.33 bits per heavy atom. The van der Waals surface area contributed by atoms with Crippen molar-refractivity contribution in [3.63, 3.8) is 0 Å². The van der Waals surface area contributed by atoms with Crippen LogP contribution in [0.1, 0.15) is 24.2 Å². The van der Waals surface area contributed by atoms with Crippen LogP contribution >= 0.6 is 0 Å². The number of benzene rings is 1. The van der Waals surface area contributed by atoms with Gasteiger partial charge in [0.05, 0.1) is 13.2 Å². The summed E-state index contributed by atoms with van der Waals surface area (Å²) in [5.41, 5.74) is 2.15. The van der Waals surface area contributed by atoms with Crippen molar-refractivity contribution in [2.24, 2.45) is 0 Å². The van der Waals surface area contributed by atoms with Crippen molar-refractivity contribution in [2.45, 2.75) is 25.5 Å². The van der Waals surface area contributed by atoms with Crippen molar-refractivity contribution >= 4 is 0 Å². The predicted molar refractivity (Wildman–Crippen MR) is 81.8 cm³/mol. The van der Waals surface area contributed by atoms with E-state index in [1.54, 1.807) is 13.3 Å². The number of hydrogen-bond donors (Lipinski definition) is 1. The number of hydrogen-bond acceptors (Lipinski definition) is 4. The summed E-state index contributed by atoms with van der Waals surface area (Å²) >= 11 is 0. The molecule has 0 amide bonds. The zero-order chi connectivity index (χ0) is 14.7. The maximum absolute atomic E-state index is 6.12. The Morgan fingerprint density at radius 3 is 2.95 bits per heavy atom. The molecule has 0 fully saturated rings. The molecule has 0 saturated carbocycles. The number of nitrogens with one attached hydrogen (secondary N) is 1. The van der Waals surface area contributed by atoms with Crippen LogP contribution in [0.4, 0.5) is 0 Å². The molecule has 0 spiro atoms. The van der Waals surface area contributed by atoms with Crippen LogP contribution in [0.2, 0.25) is 0 Å². The van der Waals surface area contributed by atoms with E-state index in [-0.39, 0.29) is 12.1 Å². The van der Waals surface area contributed by atoms with E-state index >= 15 is 0 Å². The van der Waals surface area contributed by atoms with E-state index in [0.717, 1.165) is 30.2 Å². The molecule has 1 aromatic carbocycles. The van der Waals surface area contributed by atoms with Gasteiger partial charge < -0.3 is 14.8 Å². The third kappa shape index (κ3) is 2.72. The van der Waals surface area contributed by atoms with Gasteiger partial charge in [-0.25, -0.2) is 0 Å². The first-order chi connectivity index (χ1) is 10.3. The van der Waals surface area contributed by atoms with Gasteiger partial charge in [0.25, 0.3) is 0 Å². The van der Waals surface area contributed by atoms with Crippen LogP contribution in [0.3, 0.4) is 0 Å². The molecule has 1 aliphatic heterocycles. The molecule has 21 heavy (non-hydrogen) atoms. The van der Waals surface area contributed by atoms with Gasteiger partial charge >= 0.3 is 0 Å². The minimum absolute atomic E-state index is 0.0125. The van der Waals surface area contributed by atoms with Gasteiger partial charge in [-0.15, -0.1) is 0 Å². The van der Waals surface area contributed by atoms with Gasteiger partial charge in [0.15, 0.2) is 0 Å². The summed E-state index contributed by atoms with van der Waals surface area (Å²) in [6.45, 7) is 2.94. The minimum atomic E-state index is 0.0125. The van der Waals surface area contributed by atoms with E-state index in [9.17, 15) is 0 Å². The second kappa shape index (κ2) is 6.14. The molecule has 0 radical (unpaired) electrons. The number of rotatable bonds is 5. The Labute approximate surface area is 125 Å². The molecular weight excluding hydrogens is 264 g/mol.